The number of unbranched alkanes of at least 4 members (excludes halogenated alkanes) is 6. The molecule has 0 spiro atoms. The predicted octanol–water partition coefficient (Wildman–Crippen LogP) is 9.23. The third kappa shape index (κ3) is 7.77. The van der Waals surface area contributed by atoms with Crippen molar-refractivity contribution in [2.45, 2.75) is 64.2 Å². The highest BCUT2D eigenvalue weighted by molar-refractivity contribution is 9.11. The summed E-state index contributed by atoms with van der Waals surface area (Å²) in [4.78, 5) is 2.95. The zero-order valence-corrected chi connectivity index (χ0v) is 21.1. The van der Waals surface area contributed by atoms with Crippen LogP contribution in [0.2, 0.25) is 0 Å². The quantitative estimate of drug-likeness (QED) is 0.166. The Kier molecular flexibility index (Phi) is 11.6. The Hall–Kier alpha value is 0.840. The van der Waals surface area contributed by atoms with Gasteiger partial charge in [-0.15, -0.1) is 22.7 Å². The molecule has 0 aliphatic heterocycles. The van der Waals surface area contributed by atoms with E-state index < -0.39 is 0 Å². The molecule has 0 aliphatic rings. The fourth-order valence-electron chi connectivity index (χ4n) is 2.96. The molecule has 0 N–H and O–H groups in total. The van der Waals surface area contributed by atoms with Crippen LogP contribution in [0.25, 0.3) is 9.75 Å². The number of aryl methyl sites for hydroxylation is 2. The molecule has 0 nitrogen and oxygen atoms in total. The number of halogens is 3. The second-order valence-electron chi connectivity index (χ2n) is 6.39. The van der Waals surface area contributed by atoms with Crippen LogP contribution >= 0.6 is 70.5 Å². The first-order valence-corrected chi connectivity index (χ1v) is 14.0. The van der Waals surface area contributed by atoms with Gasteiger partial charge in [0, 0.05) is 20.4 Å². The van der Waals surface area contributed by atoms with Gasteiger partial charge in [-0.05, 0) is 83.1 Å². The first kappa shape index (κ1) is 22.1. The van der Waals surface area contributed by atoms with Crippen LogP contribution in [-0.2, 0) is 12.8 Å². The Balaban J connectivity index is 1.89. The molecule has 2 rings (SSSR count). The summed E-state index contributed by atoms with van der Waals surface area (Å²) in [7, 11) is 0. The number of hydrogen-bond acceptors (Lipinski definition) is 2. The zero-order chi connectivity index (χ0) is 17.9. The van der Waals surface area contributed by atoms with Gasteiger partial charge in [-0.3, -0.25) is 0 Å². The van der Waals surface area contributed by atoms with Crippen molar-refractivity contribution in [1.82, 2.24) is 0 Å². The SMILES string of the molecule is BrCCCCCCc1cc(-c2sccc2CCCCCCBr)sc1Br. The fourth-order valence-corrected chi connectivity index (χ4v) is 6.64. The van der Waals surface area contributed by atoms with Crippen molar-refractivity contribution in [3.8, 4) is 9.75 Å². The second-order valence-corrected chi connectivity index (χ2v) is 11.3. The van der Waals surface area contributed by atoms with Crippen LogP contribution < -0.4 is 0 Å². The Bertz CT molecular complexity index is 604. The van der Waals surface area contributed by atoms with Gasteiger partial charge in [0.1, 0.15) is 0 Å². The maximum absolute atomic E-state index is 3.80. The van der Waals surface area contributed by atoms with Crippen LogP contribution in [0.15, 0.2) is 21.3 Å². The number of rotatable bonds is 13. The monoisotopic (exact) mass is 568 g/mol. The van der Waals surface area contributed by atoms with E-state index in [1.807, 2.05) is 22.7 Å². The highest BCUT2D eigenvalue weighted by Crippen LogP contribution is 2.40. The predicted molar refractivity (Wildman–Crippen MR) is 127 cm³/mol. The molecule has 0 fully saturated rings. The molecule has 0 radical (unpaired) electrons. The molecule has 25 heavy (non-hydrogen) atoms. The standard InChI is InChI=1S/C20H27Br3S2/c21-12-7-3-1-5-9-16-11-14-24-19(16)18-15-17(20(23)25-18)10-6-2-4-8-13-22/h11,14-15H,1-10,12-13H2. The molecule has 0 unspecified atom stereocenters. The zero-order valence-electron chi connectivity index (χ0n) is 14.7. The lowest BCUT2D eigenvalue weighted by atomic mass is 10.1. The molecule has 5 heteroatoms. The molecule has 2 aromatic heterocycles. The molecule has 0 amide bonds. The molecule has 0 atom stereocenters. The van der Waals surface area contributed by atoms with E-state index >= 15 is 0 Å². The van der Waals surface area contributed by atoms with Crippen molar-refractivity contribution in [2.24, 2.45) is 0 Å². The topological polar surface area (TPSA) is 0 Å². The summed E-state index contributed by atoms with van der Waals surface area (Å²) < 4.78 is 1.33. The summed E-state index contributed by atoms with van der Waals surface area (Å²) >= 11 is 14.7. The van der Waals surface area contributed by atoms with Crippen LogP contribution in [0.5, 0.6) is 0 Å². The van der Waals surface area contributed by atoms with E-state index in [1.54, 1.807) is 5.56 Å². The molecule has 0 saturated carbocycles. The molecular weight excluding hydrogens is 544 g/mol. The van der Waals surface area contributed by atoms with Crippen LogP contribution in [0.1, 0.15) is 62.5 Å². The summed E-state index contributed by atoms with van der Waals surface area (Å²) in [6.07, 6.45) is 13.0. The fraction of sp³-hybridized carbons (Fsp3) is 0.600. The molecule has 2 aromatic rings. The van der Waals surface area contributed by atoms with E-state index in [0.29, 0.717) is 0 Å². The second kappa shape index (κ2) is 13.1. The Labute approximate surface area is 186 Å². The molecular formula is C20H27Br3S2. The lowest BCUT2D eigenvalue weighted by Gasteiger charge is -2.02. The number of hydrogen-bond donors (Lipinski definition) is 0. The summed E-state index contributed by atoms with van der Waals surface area (Å²) in [5.74, 6) is 0. The summed E-state index contributed by atoms with van der Waals surface area (Å²) in [5.41, 5.74) is 3.04. The first-order valence-electron chi connectivity index (χ1n) is 9.23. The molecule has 0 aliphatic carbocycles. The average Bonchev–Trinajstić information content (AvgIpc) is 3.21. The smallest absolute Gasteiger partial charge is 0.0737 e. The van der Waals surface area contributed by atoms with E-state index in [2.05, 4.69) is 65.3 Å². The lowest BCUT2D eigenvalue weighted by Crippen LogP contribution is -1.86. The molecule has 2 heterocycles. The highest BCUT2D eigenvalue weighted by Gasteiger charge is 2.13. The minimum atomic E-state index is 1.14. The van der Waals surface area contributed by atoms with Gasteiger partial charge in [-0.25, -0.2) is 0 Å². The normalized spacial score (nSPS) is 11.3. The van der Waals surface area contributed by atoms with Crippen LogP contribution in [0.3, 0.4) is 0 Å². The van der Waals surface area contributed by atoms with Gasteiger partial charge in [-0.1, -0.05) is 57.5 Å². The van der Waals surface area contributed by atoms with Crippen molar-refractivity contribution in [1.29, 1.82) is 0 Å². The average molecular weight is 571 g/mol. The van der Waals surface area contributed by atoms with Crippen molar-refractivity contribution >= 4 is 70.5 Å². The van der Waals surface area contributed by atoms with Gasteiger partial charge in [-0.2, -0.15) is 0 Å². The van der Waals surface area contributed by atoms with Crippen LogP contribution in [0, 0.1) is 0 Å². The van der Waals surface area contributed by atoms with E-state index in [1.165, 1.54) is 83.3 Å². The minimum Gasteiger partial charge on any atom is -0.143 e. The maximum Gasteiger partial charge on any atom is 0.0737 e. The number of thiophene rings is 2. The van der Waals surface area contributed by atoms with Crippen molar-refractivity contribution < 1.29 is 0 Å². The highest BCUT2D eigenvalue weighted by atomic mass is 79.9. The lowest BCUT2D eigenvalue weighted by molar-refractivity contribution is 0.671. The van der Waals surface area contributed by atoms with E-state index in [-0.39, 0.29) is 0 Å². The third-order valence-electron chi connectivity index (χ3n) is 4.39. The summed E-state index contributed by atoms with van der Waals surface area (Å²) in [6.45, 7) is 0. The Morgan fingerprint density at radius 2 is 1.36 bits per heavy atom. The minimum absolute atomic E-state index is 1.14. The van der Waals surface area contributed by atoms with Gasteiger partial charge < -0.3 is 0 Å². The molecule has 0 aromatic carbocycles. The summed E-state index contributed by atoms with van der Waals surface area (Å²) in [6, 6.07) is 4.76. The van der Waals surface area contributed by atoms with Gasteiger partial charge in [0.15, 0.2) is 0 Å². The molecule has 140 valence electrons. The van der Waals surface area contributed by atoms with Crippen molar-refractivity contribution in [3.05, 3.63) is 32.4 Å². The molecule has 0 bridgehead atoms. The van der Waals surface area contributed by atoms with Gasteiger partial charge in [0.2, 0.25) is 0 Å². The van der Waals surface area contributed by atoms with Crippen molar-refractivity contribution in [2.75, 3.05) is 10.7 Å². The van der Waals surface area contributed by atoms with E-state index in [9.17, 15) is 0 Å². The summed E-state index contributed by atoms with van der Waals surface area (Å²) in [5, 5.41) is 4.53. The van der Waals surface area contributed by atoms with Gasteiger partial charge >= 0.3 is 0 Å². The van der Waals surface area contributed by atoms with E-state index in [0.717, 1.165) is 10.7 Å². The largest absolute Gasteiger partial charge is 0.143 e. The van der Waals surface area contributed by atoms with Crippen LogP contribution in [-0.4, -0.2) is 10.7 Å². The Morgan fingerprint density at radius 3 is 2.00 bits per heavy atom. The van der Waals surface area contributed by atoms with Crippen molar-refractivity contribution in [3.63, 3.8) is 0 Å². The number of alkyl halides is 2. The van der Waals surface area contributed by atoms with Crippen LogP contribution in [0.4, 0.5) is 0 Å². The van der Waals surface area contributed by atoms with Gasteiger partial charge in [0.05, 0.1) is 3.79 Å². The third-order valence-corrected chi connectivity index (χ3v) is 8.61. The van der Waals surface area contributed by atoms with E-state index in [4.69, 9.17) is 0 Å². The van der Waals surface area contributed by atoms with Gasteiger partial charge in [0.25, 0.3) is 0 Å². The molecule has 0 saturated heterocycles. The maximum atomic E-state index is 3.80. The first-order chi connectivity index (χ1) is 12.3. The Morgan fingerprint density at radius 1 is 0.760 bits per heavy atom.